The molecule has 1 aromatic carbocycles. The number of carbonyl (C=O) groups excluding carboxylic acids is 1. The van der Waals surface area contributed by atoms with E-state index in [4.69, 9.17) is 0 Å². The standard InChI is InChI=1S/C16H25N3O3S/c1-4-13(2)17-23(21,22)15-7-5-6-14(12-15)16(20)19-10-8-18(3)9-11-19/h5-7,12-13,17H,4,8-11H2,1-3H3. The van der Waals surface area contributed by atoms with Crippen LogP contribution >= 0.6 is 0 Å². The van der Waals surface area contributed by atoms with Crippen molar-refractivity contribution in [3.05, 3.63) is 29.8 Å². The van der Waals surface area contributed by atoms with E-state index in [-0.39, 0.29) is 16.8 Å². The number of piperazine rings is 1. The van der Waals surface area contributed by atoms with Gasteiger partial charge in [-0.3, -0.25) is 4.79 Å². The Balaban J connectivity index is 2.18. The lowest BCUT2D eigenvalue weighted by molar-refractivity contribution is 0.0664. The molecule has 1 N–H and O–H groups in total. The zero-order valence-corrected chi connectivity index (χ0v) is 14.8. The molecule has 1 heterocycles. The zero-order valence-electron chi connectivity index (χ0n) is 13.9. The van der Waals surface area contributed by atoms with Gasteiger partial charge in [-0.15, -0.1) is 0 Å². The van der Waals surface area contributed by atoms with Crippen LogP contribution in [-0.2, 0) is 10.0 Å². The minimum absolute atomic E-state index is 0.112. The molecule has 0 saturated carbocycles. The normalized spacial score (nSPS) is 18.0. The summed E-state index contributed by atoms with van der Waals surface area (Å²) in [6.07, 6.45) is 0.707. The van der Waals surface area contributed by atoms with E-state index in [0.717, 1.165) is 13.1 Å². The molecule has 1 saturated heterocycles. The molecule has 1 aromatic rings. The van der Waals surface area contributed by atoms with Gasteiger partial charge in [-0.2, -0.15) is 0 Å². The first kappa shape index (κ1) is 17.9. The van der Waals surface area contributed by atoms with E-state index in [1.807, 2.05) is 20.9 Å². The Labute approximate surface area is 138 Å². The average molecular weight is 339 g/mol. The van der Waals surface area contributed by atoms with Gasteiger partial charge in [0, 0.05) is 37.8 Å². The largest absolute Gasteiger partial charge is 0.336 e. The fraction of sp³-hybridized carbons (Fsp3) is 0.562. The van der Waals surface area contributed by atoms with Crippen LogP contribution in [0.2, 0.25) is 0 Å². The summed E-state index contributed by atoms with van der Waals surface area (Å²) in [5.41, 5.74) is 0.418. The van der Waals surface area contributed by atoms with Crippen molar-refractivity contribution < 1.29 is 13.2 Å². The van der Waals surface area contributed by atoms with Crippen LogP contribution in [0.25, 0.3) is 0 Å². The SMILES string of the molecule is CCC(C)NS(=O)(=O)c1cccc(C(=O)N2CCN(C)CC2)c1. The van der Waals surface area contributed by atoms with Gasteiger partial charge in [0.15, 0.2) is 0 Å². The van der Waals surface area contributed by atoms with Crippen LogP contribution in [0.3, 0.4) is 0 Å². The molecule has 0 radical (unpaired) electrons. The maximum atomic E-state index is 12.6. The van der Waals surface area contributed by atoms with Crippen molar-refractivity contribution in [1.29, 1.82) is 0 Å². The van der Waals surface area contributed by atoms with Crippen LogP contribution < -0.4 is 4.72 Å². The lowest BCUT2D eigenvalue weighted by Crippen LogP contribution is -2.47. The predicted octanol–water partition coefficient (Wildman–Crippen LogP) is 1.15. The van der Waals surface area contributed by atoms with Gasteiger partial charge < -0.3 is 9.80 Å². The number of carbonyl (C=O) groups is 1. The van der Waals surface area contributed by atoms with Crippen molar-refractivity contribution in [2.45, 2.75) is 31.2 Å². The summed E-state index contributed by atoms with van der Waals surface area (Å²) in [7, 11) is -1.57. The van der Waals surface area contributed by atoms with Crippen LogP contribution in [0.1, 0.15) is 30.6 Å². The molecule has 1 fully saturated rings. The van der Waals surface area contributed by atoms with Crippen molar-refractivity contribution in [3.8, 4) is 0 Å². The van der Waals surface area contributed by atoms with E-state index in [9.17, 15) is 13.2 Å². The number of benzene rings is 1. The van der Waals surface area contributed by atoms with Crippen molar-refractivity contribution in [1.82, 2.24) is 14.5 Å². The van der Waals surface area contributed by atoms with Gasteiger partial charge in [0.1, 0.15) is 0 Å². The highest BCUT2D eigenvalue weighted by Gasteiger charge is 2.22. The minimum atomic E-state index is -3.60. The Bertz CT molecular complexity index is 652. The van der Waals surface area contributed by atoms with Gasteiger partial charge in [0.05, 0.1) is 4.90 Å². The molecule has 6 nitrogen and oxygen atoms in total. The Morgan fingerprint density at radius 3 is 2.52 bits per heavy atom. The van der Waals surface area contributed by atoms with Crippen molar-refractivity contribution in [2.24, 2.45) is 0 Å². The lowest BCUT2D eigenvalue weighted by atomic mass is 10.2. The second-order valence-electron chi connectivity index (χ2n) is 6.05. The van der Waals surface area contributed by atoms with Gasteiger partial charge in [-0.05, 0) is 38.6 Å². The summed E-state index contributed by atoms with van der Waals surface area (Å²) in [6, 6.07) is 6.13. The van der Waals surface area contributed by atoms with E-state index >= 15 is 0 Å². The summed E-state index contributed by atoms with van der Waals surface area (Å²) >= 11 is 0. The van der Waals surface area contributed by atoms with Gasteiger partial charge in [-0.25, -0.2) is 13.1 Å². The first-order valence-electron chi connectivity index (χ1n) is 7.93. The summed E-state index contributed by atoms with van der Waals surface area (Å²) < 4.78 is 27.3. The number of rotatable bonds is 5. The van der Waals surface area contributed by atoms with Crippen molar-refractivity contribution in [3.63, 3.8) is 0 Å². The first-order chi connectivity index (χ1) is 10.8. The first-order valence-corrected chi connectivity index (χ1v) is 9.42. The molecule has 7 heteroatoms. The number of nitrogens with zero attached hydrogens (tertiary/aromatic N) is 2. The molecular formula is C16H25N3O3S. The molecule has 0 aromatic heterocycles. The molecule has 23 heavy (non-hydrogen) atoms. The number of likely N-dealkylation sites (N-methyl/N-ethyl adjacent to an activating group) is 1. The Morgan fingerprint density at radius 1 is 1.26 bits per heavy atom. The third-order valence-corrected chi connectivity index (χ3v) is 5.74. The van der Waals surface area contributed by atoms with Gasteiger partial charge >= 0.3 is 0 Å². The zero-order chi connectivity index (χ0) is 17.0. The van der Waals surface area contributed by atoms with E-state index in [2.05, 4.69) is 9.62 Å². The van der Waals surface area contributed by atoms with Gasteiger partial charge in [0.25, 0.3) is 5.91 Å². The van der Waals surface area contributed by atoms with Crippen LogP contribution in [0.15, 0.2) is 29.2 Å². The van der Waals surface area contributed by atoms with E-state index in [1.54, 1.807) is 17.0 Å². The number of hydrogen-bond donors (Lipinski definition) is 1. The van der Waals surface area contributed by atoms with Crippen LogP contribution in [0, 0.1) is 0 Å². The molecule has 0 aliphatic carbocycles. The van der Waals surface area contributed by atoms with Crippen LogP contribution in [-0.4, -0.2) is 63.4 Å². The third kappa shape index (κ3) is 4.53. The maximum Gasteiger partial charge on any atom is 0.253 e. The number of sulfonamides is 1. The molecule has 128 valence electrons. The Morgan fingerprint density at radius 2 is 1.91 bits per heavy atom. The Kier molecular flexibility index (Phi) is 5.78. The molecule has 1 atom stereocenters. The maximum absolute atomic E-state index is 12.6. The monoisotopic (exact) mass is 339 g/mol. The molecular weight excluding hydrogens is 314 g/mol. The summed E-state index contributed by atoms with van der Waals surface area (Å²) in [5, 5.41) is 0. The average Bonchev–Trinajstić information content (AvgIpc) is 2.54. The summed E-state index contributed by atoms with van der Waals surface area (Å²) in [5.74, 6) is -0.112. The Hall–Kier alpha value is -1.44. The van der Waals surface area contributed by atoms with E-state index in [1.165, 1.54) is 12.1 Å². The molecule has 2 rings (SSSR count). The van der Waals surface area contributed by atoms with Crippen LogP contribution in [0.4, 0.5) is 0 Å². The molecule has 1 aliphatic rings. The third-order valence-electron chi connectivity index (χ3n) is 4.15. The number of hydrogen-bond acceptors (Lipinski definition) is 4. The topological polar surface area (TPSA) is 69.7 Å². The lowest BCUT2D eigenvalue weighted by Gasteiger charge is -2.32. The van der Waals surface area contributed by atoms with Crippen LogP contribution in [0.5, 0.6) is 0 Å². The summed E-state index contributed by atoms with van der Waals surface area (Å²) in [6.45, 7) is 6.73. The highest BCUT2D eigenvalue weighted by molar-refractivity contribution is 7.89. The molecule has 1 aliphatic heterocycles. The fourth-order valence-corrected chi connectivity index (χ4v) is 3.78. The van der Waals surface area contributed by atoms with Crippen molar-refractivity contribution in [2.75, 3.05) is 33.2 Å². The van der Waals surface area contributed by atoms with Gasteiger partial charge in [-0.1, -0.05) is 13.0 Å². The van der Waals surface area contributed by atoms with Gasteiger partial charge in [0.2, 0.25) is 10.0 Å². The minimum Gasteiger partial charge on any atom is -0.336 e. The smallest absolute Gasteiger partial charge is 0.253 e. The second kappa shape index (κ2) is 7.42. The number of amides is 1. The molecule has 1 unspecified atom stereocenters. The molecule has 0 spiro atoms. The molecule has 0 bridgehead atoms. The quantitative estimate of drug-likeness (QED) is 0.874. The summed E-state index contributed by atoms with van der Waals surface area (Å²) in [4.78, 5) is 16.6. The van der Waals surface area contributed by atoms with E-state index in [0.29, 0.717) is 25.1 Å². The second-order valence-corrected chi connectivity index (χ2v) is 7.77. The molecule has 1 amide bonds. The van der Waals surface area contributed by atoms with E-state index < -0.39 is 10.0 Å². The fourth-order valence-electron chi connectivity index (χ4n) is 2.40. The van der Waals surface area contributed by atoms with Crippen molar-refractivity contribution >= 4 is 15.9 Å². The number of nitrogens with one attached hydrogen (secondary N) is 1. The highest BCUT2D eigenvalue weighted by atomic mass is 32.2. The predicted molar refractivity (Wildman–Crippen MR) is 89.9 cm³/mol. The highest BCUT2D eigenvalue weighted by Crippen LogP contribution is 2.15.